The molecule has 0 amide bonds. The Morgan fingerprint density at radius 1 is 1.00 bits per heavy atom. The molecule has 1 aliphatic heterocycles. The summed E-state index contributed by atoms with van der Waals surface area (Å²) in [4.78, 5) is 4.00. The third kappa shape index (κ3) is 2.27. The highest BCUT2D eigenvalue weighted by Crippen LogP contribution is 2.28. The number of aromatic nitrogens is 1. The first-order chi connectivity index (χ1) is 8.92. The summed E-state index contributed by atoms with van der Waals surface area (Å²) in [5, 5.41) is 0. The van der Waals surface area contributed by atoms with Crippen molar-refractivity contribution in [1.29, 1.82) is 0 Å². The minimum Gasteiger partial charge on any atom is -0.456 e. The molecule has 0 saturated heterocycles. The smallest absolute Gasteiger partial charge is 0.266 e. The van der Waals surface area contributed by atoms with E-state index in [4.69, 9.17) is 14.2 Å². The van der Waals surface area contributed by atoms with E-state index in [-0.39, 0.29) is 6.29 Å². The molecule has 4 nitrogen and oxygen atoms in total. The molecule has 1 aromatic heterocycles. The molecule has 0 aliphatic carbocycles. The molecule has 18 heavy (non-hydrogen) atoms. The van der Waals surface area contributed by atoms with E-state index in [9.17, 15) is 0 Å². The van der Waals surface area contributed by atoms with Gasteiger partial charge in [0.1, 0.15) is 24.0 Å². The Labute approximate surface area is 104 Å². The summed E-state index contributed by atoms with van der Waals surface area (Å²) in [6.07, 6.45) is 6.03. The van der Waals surface area contributed by atoms with Crippen molar-refractivity contribution in [3.63, 3.8) is 0 Å². The molecule has 0 N–H and O–H groups in total. The van der Waals surface area contributed by atoms with Gasteiger partial charge in [-0.3, -0.25) is 4.98 Å². The van der Waals surface area contributed by atoms with Crippen LogP contribution in [0.15, 0.2) is 61.3 Å². The highest BCUT2D eigenvalue weighted by atomic mass is 16.7. The van der Waals surface area contributed by atoms with Gasteiger partial charge in [-0.05, 0) is 24.3 Å². The Morgan fingerprint density at radius 3 is 2.61 bits per heavy atom. The van der Waals surface area contributed by atoms with Crippen molar-refractivity contribution in [3.8, 4) is 11.5 Å². The highest BCUT2D eigenvalue weighted by molar-refractivity contribution is 5.33. The van der Waals surface area contributed by atoms with Crippen molar-refractivity contribution in [3.05, 3.63) is 66.9 Å². The average molecular weight is 241 g/mol. The molecule has 0 radical (unpaired) electrons. The van der Waals surface area contributed by atoms with Gasteiger partial charge in [-0.1, -0.05) is 12.1 Å². The predicted octanol–water partition coefficient (Wildman–Crippen LogP) is 3.39. The van der Waals surface area contributed by atoms with Crippen molar-refractivity contribution >= 4 is 0 Å². The molecule has 90 valence electrons. The van der Waals surface area contributed by atoms with Gasteiger partial charge in [-0.15, -0.1) is 0 Å². The standard InChI is InChI=1S/C14H11NO3/c1-3-11(14-16-7-8-17-14)9-12(4-1)18-13-5-2-6-15-10-13/h1-10,14H. The molecule has 0 atom stereocenters. The number of ether oxygens (including phenoxy) is 3. The molecule has 0 spiro atoms. The number of hydrogen-bond donors (Lipinski definition) is 0. The molecule has 0 bridgehead atoms. The van der Waals surface area contributed by atoms with Crippen LogP contribution in [0.2, 0.25) is 0 Å². The van der Waals surface area contributed by atoms with Crippen LogP contribution in [-0.4, -0.2) is 4.98 Å². The van der Waals surface area contributed by atoms with Crippen LogP contribution < -0.4 is 4.74 Å². The Bertz CT molecular complexity index is 546. The second-order valence-corrected chi connectivity index (χ2v) is 3.74. The molecule has 2 aromatic rings. The zero-order chi connectivity index (χ0) is 12.2. The van der Waals surface area contributed by atoms with E-state index in [2.05, 4.69) is 4.98 Å². The molecular formula is C14H11NO3. The monoisotopic (exact) mass is 241 g/mol. The first kappa shape index (κ1) is 10.7. The fourth-order valence-corrected chi connectivity index (χ4v) is 1.66. The van der Waals surface area contributed by atoms with Crippen LogP contribution in [0.25, 0.3) is 0 Å². The van der Waals surface area contributed by atoms with Crippen LogP contribution in [0.3, 0.4) is 0 Å². The topological polar surface area (TPSA) is 40.6 Å². The average Bonchev–Trinajstić information content (AvgIpc) is 2.94. The van der Waals surface area contributed by atoms with Gasteiger partial charge in [0.2, 0.25) is 0 Å². The maximum atomic E-state index is 5.68. The zero-order valence-electron chi connectivity index (χ0n) is 9.52. The minimum atomic E-state index is -0.387. The molecule has 2 heterocycles. The van der Waals surface area contributed by atoms with Crippen LogP contribution in [0.4, 0.5) is 0 Å². The van der Waals surface area contributed by atoms with E-state index in [0.29, 0.717) is 5.75 Å². The lowest BCUT2D eigenvalue weighted by molar-refractivity contribution is -0.0247. The van der Waals surface area contributed by atoms with Gasteiger partial charge < -0.3 is 14.2 Å². The van der Waals surface area contributed by atoms with E-state index in [1.807, 2.05) is 36.4 Å². The minimum absolute atomic E-state index is 0.387. The summed E-state index contributed by atoms with van der Waals surface area (Å²) in [5.41, 5.74) is 0.904. The van der Waals surface area contributed by atoms with Crippen LogP contribution >= 0.6 is 0 Å². The molecule has 3 rings (SSSR count). The van der Waals surface area contributed by atoms with Gasteiger partial charge in [0.15, 0.2) is 0 Å². The van der Waals surface area contributed by atoms with E-state index < -0.39 is 0 Å². The first-order valence-electron chi connectivity index (χ1n) is 5.55. The molecule has 0 saturated carbocycles. The normalized spacial score (nSPS) is 14.0. The second-order valence-electron chi connectivity index (χ2n) is 3.74. The summed E-state index contributed by atoms with van der Waals surface area (Å²) >= 11 is 0. The van der Waals surface area contributed by atoms with Crippen LogP contribution in [0.5, 0.6) is 11.5 Å². The highest BCUT2D eigenvalue weighted by Gasteiger charge is 2.15. The lowest BCUT2D eigenvalue weighted by atomic mass is 10.2. The second kappa shape index (κ2) is 4.79. The van der Waals surface area contributed by atoms with Crippen LogP contribution in [0, 0.1) is 0 Å². The molecule has 0 fully saturated rings. The van der Waals surface area contributed by atoms with Crippen LogP contribution in [-0.2, 0) is 9.47 Å². The Morgan fingerprint density at radius 2 is 1.83 bits per heavy atom. The van der Waals surface area contributed by atoms with Crippen molar-refractivity contribution in [2.45, 2.75) is 6.29 Å². The van der Waals surface area contributed by atoms with Gasteiger partial charge in [-0.25, -0.2) is 0 Å². The fraction of sp³-hybridized carbons (Fsp3) is 0.0714. The van der Waals surface area contributed by atoms with Gasteiger partial charge in [-0.2, -0.15) is 0 Å². The van der Waals surface area contributed by atoms with Crippen molar-refractivity contribution in [1.82, 2.24) is 4.98 Å². The predicted molar refractivity (Wildman–Crippen MR) is 64.8 cm³/mol. The number of rotatable bonds is 3. The van der Waals surface area contributed by atoms with Crippen LogP contribution in [0.1, 0.15) is 11.9 Å². The molecule has 1 aliphatic rings. The molecule has 4 heteroatoms. The number of pyridine rings is 1. The Hall–Kier alpha value is -2.49. The third-order valence-electron chi connectivity index (χ3n) is 2.46. The molecule has 0 unspecified atom stereocenters. The maximum Gasteiger partial charge on any atom is 0.266 e. The number of hydrogen-bond acceptors (Lipinski definition) is 4. The van der Waals surface area contributed by atoms with E-state index in [1.54, 1.807) is 12.4 Å². The van der Waals surface area contributed by atoms with E-state index in [1.165, 1.54) is 12.5 Å². The van der Waals surface area contributed by atoms with Gasteiger partial charge in [0.25, 0.3) is 6.29 Å². The molecule has 1 aromatic carbocycles. The summed E-state index contributed by atoms with van der Waals surface area (Å²) < 4.78 is 16.2. The fourth-order valence-electron chi connectivity index (χ4n) is 1.66. The van der Waals surface area contributed by atoms with E-state index in [0.717, 1.165) is 11.3 Å². The van der Waals surface area contributed by atoms with E-state index >= 15 is 0 Å². The van der Waals surface area contributed by atoms with Gasteiger partial charge in [0, 0.05) is 11.8 Å². The van der Waals surface area contributed by atoms with Gasteiger partial charge >= 0.3 is 0 Å². The molecular weight excluding hydrogens is 230 g/mol. The van der Waals surface area contributed by atoms with Gasteiger partial charge in [0.05, 0.1) is 6.20 Å². The lowest BCUT2D eigenvalue weighted by Gasteiger charge is -2.12. The summed E-state index contributed by atoms with van der Waals surface area (Å²) in [7, 11) is 0. The number of benzene rings is 1. The Balaban J connectivity index is 1.79. The maximum absolute atomic E-state index is 5.68. The SMILES string of the molecule is C1=COC(c2cccc(Oc3cccnc3)c2)O1. The summed E-state index contributed by atoms with van der Waals surface area (Å²) in [5.74, 6) is 1.42. The Kier molecular flexibility index (Phi) is 2.84. The quantitative estimate of drug-likeness (QED) is 0.825. The first-order valence-corrected chi connectivity index (χ1v) is 5.55. The van der Waals surface area contributed by atoms with Crippen molar-refractivity contribution < 1.29 is 14.2 Å². The largest absolute Gasteiger partial charge is 0.456 e. The van der Waals surface area contributed by atoms with Crippen molar-refractivity contribution in [2.24, 2.45) is 0 Å². The zero-order valence-corrected chi connectivity index (χ0v) is 9.52. The summed E-state index contributed by atoms with van der Waals surface area (Å²) in [6, 6.07) is 11.2. The third-order valence-corrected chi connectivity index (χ3v) is 2.46. The van der Waals surface area contributed by atoms with Crippen molar-refractivity contribution in [2.75, 3.05) is 0 Å². The number of nitrogens with zero attached hydrogens (tertiary/aromatic N) is 1. The summed E-state index contributed by atoms with van der Waals surface area (Å²) in [6.45, 7) is 0. The lowest BCUT2D eigenvalue weighted by Crippen LogP contribution is -1.97.